The minimum atomic E-state index is 0.321. The number of rotatable bonds is 23. The van der Waals surface area contributed by atoms with Crippen LogP contribution in [0.2, 0.25) is 0 Å². The minimum Gasteiger partial charge on any atom is -0.293 e. The summed E-state index contributed by atoms with van der Waals surface area (Å²) in [6.45, 7) is 18.4. The molecule has 0 radical (unpaired) electrons. The summed E-state index contributed by atoms with van der Waals surface area (Å²) in [6, 6.07) is 0. The highest BCUT2D eigenvalue weighted by Gasteiger charge is 2.36. The molecule has 0 rings (SSSR count). The lowest BCUT2D eigenvalue weighted by Gasteiger charge is -2.49. The van der Waals surface area contributed by atoms with Crippen LogP contribution in [0.1, 0.15) is 177 Å². The van der Waals surface area contributed by atoms with Crippen molar-refractivity contribution in [3.63, 3.8) is 0 Å². The molecular weight excluding hydrogens is 374 g/mol. The molecule has 1 nitrogen and oxygen atoms in total. The van der Waals surface area contributed by atoms with Gasteiger partial charge in [0.25, 0.3) is 0 Å². The molecule has 0 aliphatic rings. The van der Waals surface area contributed by atoms with Crippen molar-refractivity contribution >= 4 is 0 Å². The van der Waals surface area contributed by atoms with Gasteiger partial charge in [0, 0.05) is 11.1 Å². The van der Waals surface area contributed by atoms with Crippen molar-refractivity contribution in [3.8, 4) is 0 Å². The summed E-state index contributed by atoms with van der Waals surface area (Å²) < 4.78 is 0. The Morgan fingerprint density at radius 2 is 0.677 bits per heavy atom. The molecule has 0 saturated heterocycles. The van der Waals surface area contributed by atoms with Gasteiger partial charge < -0.3 is 0 Å². The van der Waals surface area contributed by atoms with Gasteiger partial charge in [-0.05, 0) is 53.5 Å². The summed E-state index contributed by atoms with van der Waals surface area (Å²) in [4.78, 5) is 2.92. The second-order valence-electron chi connectivity index (χ2n) is 11.6. The van der Waals surface area contributed by atoms with Gasteiger partial charge in [0.05, 0.1) is 0 Å². The summed E-state index contributed by atoms with van der Waals surface area (Å²) in [5, 5.41) is 0. The maximum atomic E-state index is 2.92. The highest BCUT2D eigenvalue weighted by Crippen LogP contribution is 2.33. The molecule has 188 valence electrons. The smallest absolute Gasteiger partial charge is 0.0158 e. The van der Waals surface area contributed by atoms with Gasteiger partial charge in [-0.1, -0.05) is 130 Å². The largest absolute Gasteiger partial charge is 0.293 e. The first-order chi connectivity index (χ1) is 14.8. The van der Waals surface area contributed by atoms with Gasteiger partial charge in [-0.15, -0.1) is 0 Å². The molecular formula is C30H63N. The van der Waals surface area contributed by atoms with E-state index in [2.05, 4.69) is 53.4 Å². The van der Waals surface area contributed by atoms with Gasteiger partial charge in [-0.3, -0.25) is 4.90 Å². The summed E-state index contributed by atoms with van der Waals surface area (Å²) in [5.74, 6) is 0. The van der Waals surface area contributed by atoms with Crippen molar-refractivity contribution in [3.05, 3.63) is 0 Å². The second-order valence-corrected chi connectivity index (χ2v) is 11.6. The fourth-order valence-corrected chi connectivity index (χ4v) is 5.42. The SMILES string of the molecule is CCCCCCCCCCCCN(C(C)(C)CCCCCC)C(C)(C)CCCCCC. The standard InChI is InChI=1S/C30H63N/c1-8-11-14-17-18-19-20-21-22-25-28-31(29(4,5)26-23-15-12-9-2)30(6,7)27-24-16-13-10-3/h8-28H2,1-7H3. The Kier molecular flexibility index (Phi) is 19.4. The minimum absolute atomic E-state index is 0.321. The van der Waals surface area contributed by atoms with Crippen LogP contribution in [0.15, 0.2) is 0 Å². The summed E-state index contributed by atoms with van der Waals surface area (Å²) in [6.07, 6.45) is 28.1. The number of nitrogens with zero attached hydrogens (tertiary/aromatic N) is 1. The third-order valence-electron chi connectivity index (χ3n) is 7.48. The molecule has 0 aromatic rings. The van der Waals surface area contributed by atoms with Crippen LogP contribution in [0.25, 0.3) is 0 Å². The van der Waals surface area contributed by atoms with Crippen molar-refractivity contribution in [1.29, 1.82) is 0 Å². The Morgan fingerprint density at radius 1 is 0.387 bits per heavy atom. The Bertz CT molecular complexity index is 347. The average Bonchev–Trinajstić information content (AvgIpc) is 2.72. The number of hydrogen-bond donors (Lipinski definition) is 0. The zero-order chi connectivity index (χ0) is 23.4. The lowest BCUT2D eigenvalue weighted by molar-refractivity contribution is 0.00154. The molecule has 0 bridgehead atoms. The topological polar surface area (TPSA) is 3.24 Å². The molecule has 0 aliphatic carbocycles. The monoisotopic (exact) mass is 437 g/mol. The molecule has 0 saturated carbocycles. The predicted octanol–water partition coefficient (Wildman–Crippen LogP) is 10.7. The van der Waals surface area contributed by atoms with Crippen molar-refractivity contribution in [2.45, 2.75) is 188 Å². The van der Waals surface area contributed by atoms with Crippen LogP contribution in [-0.4, -0.2) is 22.5 Å². The van der Waals surface area contributed by atoms with E-state index in [1.807, 2.05) is 0 Å². The fourth-order valence-electron chi connectivity index (χ4n) is 5.42. The lowest BCUT2D eigenvalue weighted by atomic mass is 9.85. The maximum absolute atomic E-state index is 2.92. The number of hydrogen-bond acceptors (Lipinski definition) is 1. The molecule has 0 atom stereocenters. The molecule has 31 heavy (non-hydrogen) atoms. The molecule has 0 spiro atoms. The van der Waals surface area contributed by atoms with Crippen molar-refractivity contribution in [2.75, 3.05) is 6.54 Å². The van der Waals surface area contributed by atoms with E-state index in [9.17, 15) is 0 Å². The van der Waals surface area contributed by atoms with Crippen LogP contribution in [0.5, 0.6) is 0 Å². The molecule has 0 heterocycles. The zero-order valence-electron chi connectivity index (χ0n) is 23.3. The van der Waals surface area contributed by atoms with Crippen molar-refractivity contribution in [1.82, 2.24) is 4.90 Å². The van der Waals surface area contributed by atoms with E-state index in [4.69, 9.17) is 0 Å². The third kappa shape index (κ3) is 16.3. The summed E-state index contributed by atoms with van der Waals surface area (Å²) in [7, 11) is 0. The lowest BCUT2D eigenvalue weighted by Crippen LogP contribution is -2.55. The van der Waals surface area contributed by atoms with E-state index in [0.29, 0.717) is 11.1 Å². The predicted molar refractivity (Wildman–Crippen MR) is 144 cm³/mol. The van der Waals surface area contributed by atoms with Crippen LogP contribution in [-0.2, 0) is 0 Å². The second kappa shape index (κ2) is 19.4. The summed E-state index contributed by atoms with van der Waals surface area (Å²) >= 11 is 0. The zero-order valence-corrected chi connectivity index (χ0v) is 23.3. The van der Waals surface area contributed by atoms with E-state index in [-0.39, 0.29) is 0 Å². The first-order valence-corrected chi connectivity index (χ1v) is 14.6. The molecule has 0 aromatic heterocycles. The van der Waals surface area contributed by atoms with E-state index >= 15 is 0 Å². The van der Waals surface area contributed by atoms with Gasteiger partial charge in [-0.2, -0.15) is 0 Å². The first-order valence-electron chi connectivity index (χ1n) is 14.6. The molecule has 0 unspecified atom stereocenters. The van der Waals surface area contributed by atoms with Crippen molar-refractivity contribution in [2.24, 2.45) is 0 Å². The highest BCUT2D eigenvalue weighted by atomic mass is 15.2. The summed E-state index contributed by atoms with van der Waals surface area (Å²) in [5.41, 5.74) is 0.641. The van der Waals surface area contributed by atoms with E-state index in [0.717, 1.165) is 0 Å². The van der Waals surface area contributed by atoms with Gasteiger partial charge >= 0.3 is 0 Å². The number of unbranched alkanes of at least 4 members (excludes halogenated alkanes) is 15. The maximum Gasteiger partial charge on any atom is 0.0158 e. The van der Waals surface area contributed by atoms with Gasteiger partial charge in [0.2, 0.25) is 0 Å². The Morgan fingerprint density at radius 3 is 1.03 bits per heavy atom. The Labute approximate surface area is 199 Å². The molecule has 0 aromatic carbocycles. The van der Waals surface area contributed by atoms with Crippen molar-refractivity contribution < 1.29 is 0 Å². The van der Waals surface area contributed by atoms with Gasteiger partial charge in [0.1, 0.15) is 0 Å². The molecule has 0 amide bonds. The fraction of sp³-hybridized carbons (Fsp3) is 1.00. The molecule has 0 N–H and O–H groups in total. The Balaban J connectivity index is 4.52. The van der Waals surface area contributed by atoms with Crippen LogP contribution in [0, 0.1) is 0 Å². The van der Waals surface area contributed by atoms with Gasteiger partial charge in [-0.25, -0.2) is 0 Å². The molecule has 0 fully saturated rings. The first kappa shape index (κ1) is 31.0. The normalized spacial score (nSPS) is 12.8. The average molecular weight is 438 g/mol. The third-order valence-corrected chi connectivity index (χ3v) is 7.48. The van der Waals surface area contributed by atoms with Crippen LogP contribution >= 0.6 is 0 Å². The molecule has 0 aliphatic heterocycles. The molecule has 1 heteroatoms. The highest BCUT2D eigenvalue weighted by molar-refractivity contribution is 4.92. The van der Waals surface area contributed by atoms with E-state index < -0.39 is 0 Å². The van der Waals surface area contributed by atoms with Gasteiger partial charge in [0.15, 0.2) is 0 Å². The van der Waals surface area contributed by atoms with E-state index in [1.54, 1.807) is 0 Å². The van der Waals surface area contributed by atoms with E-state index in [1.165, 1.54) is 135 Å². The Hall–Kier alpha value is -0.0400. The van der Waals surface area contributed by atoms with Crippen LogP contribution < -0.4 is 0 Å². The van der Waals surface area contributed by atoms with Crippen LogP contribution in [0.3, 0.4) is 0 Å². The van der Waals surface area contributed by atoms with Crippen LogP contribution in [0.4, 0.5) is 0 Å². The quantitative estimate of drug-likeness (QED) is 0.144.